The molecule has 2 amide bonds. The zero-order chi connectivity index (χ0) is 19.3. The number of hydrogen-bond acceptors (Lipinski definition) is 5. The molecule has 0 aromatic rings. The lowest BCUT2D eigenvalue weighted by Crippen LogP contribution is -2.58. The van der Waals surface area contributed by atoms with Crippen molar-refractivity contribution in [2.75, 3.05) is 19.7 Å². The minimum atomic E-state index is -0.877. The average molecular weight is 346 g/mol. The van der Waals surface area contributed by atoms with Gasteiger partial charge in [0.25, 0.3) is 0 Å². The molecule has 0 bridgehead atoms. The van der Waals surface area contributed by atoms with Crippen LogP contribution in [0, 0.1) is 0 Å². The van der Waals surface area contributed by atoms with Crippen molar-refractivity contribution in [1.82, 2.24) is 10.2 Å². The van der Waals surface area contributed by atoms with E-state index in [1.165, 1.54) is 4.90 Å². The van der Waals surface area contributed by atoms with Crippen LogP contribution in [0.15, 0.2) is 0 Å². The topological polar surface area (TPSA) is 84.9 Å². The van der Waals surface area contributed by atoms with Crippen molar-refractivity contribution in [3.8, 4) is 0 Å². The first-order chi connectivity index (χ1) is 11.2. The Hall–Kier alpha value is -1.79. The third kappa shape index (κ3) is 9.37. The highest BCUT2D eigenvalue weighted by Crippen LogP contribution is 2.16. The largest absolute Gasteiger partial charge is 0.466 e. The SMILES string of the molecule is CC.CC.CCOC(=O)CC1C(=O)NCCN1C(=O)OC(C)(C)C. The molecule has 1 heterocycles. The number of hydrogen-bond donors (Lipinski definition) is 1. The van der Waals surface area contributed by atoms with E-state index in [0.717, 1.165) is 0 Å². The second kappa shape index (κ2) is 12.6. The van der Waals surface area contributed by atoms with Gasteiger partial charge in [-0.15, -0.1) is 0 Å². The first-order valence-corrected chi connectivity index (χ1v) is 8.67. The van der Waals surface area contributed by atoms with E-state index >= 15 is 0 Å². The number of piperazine rings is 1. The number of carbonyl (C=O) groups is 3. The molecule has 0 radical (unpaired) electrons. The van der Waals surface area contributed by atoms with Gasteiger partial charge in [0.15, 0.2) is 0 Å². The zero-order valence-electron chi connectivity index (χ0n) is 16.4. The maximum Gasteiger partial charge on any atom is 0.411 e. The Bertz CT molecular complexity index is 391. The number of nitrogens with zero attached hydrogens (tertiary/aromatic N) is 1. The minimum absolute atomic E-state index is 0.168. The minimum Gasteiger partial charge on any atom is -0.466 e. The number of amides is 2. The summed E-state index contributed by atoms with van der Waals surface area (Å²) >= 11 is 0. The molecule has 24 heavy (non-hydrogen) atoms. The lowest BCUT2D eigenvalue weighted by atomic mass is 10.1. The molecule has 1 atom stereocenters. The van der Waals surface area contributed by atoms with Crippen molar-refractivity contribution in [1.29, 1.82) is 0 Å². The summed E-state index contributed by atoms with van der Waals surface area (Å²) in [4.78, 5) is 36.7. The van der Waals surface area contributed by atoms with Gasteiger partial charge in [0.1, 0.15) is 11.6 Å². The molecule has 1 fully saturated rings. The molecule has 1 aliphatic heterocycles. The van der Waals surface area contributed by atoms with Gasteiger partial charge in [-0.25, -0.2) is 4.79 Å². The Kier molecular flexibility index (Phi) is 12.9. The summed E-state index contributed by atoms with van der Waals surface area (Å²) in [6.07, 6.45) is -0.763. The normalized spacial score (nSPS) is 16.6. The van der Waals surface area contributed by atoms with Gasteiger partial charge in [0.05, 0.1) is 13.0 Å². The highest BCUT2D eigenvalue weighted by molar-refractivity contribution is 5.90. The molecule has 1 unspecified atom stereocenters. The van der Waals surface area contributed by atoms with Crippen molar-refractivity contribution in [3.63, 3.8) is 0 Å². The Morgan fingerprint density at radius 3 is 2.21 bits per heavy atom. The van der Waals surface area contributed by atoms with Crippen LogP contribution in [-0.2, 0) is 19.1 Å². The molecule has 0 spiro atoms. The van der Waals surface area contributed by atoms with E-state index in [2.05, 4.69) is 5.32 Å². The first kappa shape index (κ1) is 24.5. The summed E-state index contributed by atoms with van der Waals surface area (Å²) in [5, 5.41) is 2.63. The van der Waals surface area contributed by atoms with E-state index in [1.807, 2.05) is 27.7 Å². The number of rotatable bonds is 3. The smallest absolute Gasteiger partial charge is 0.411 e. The molecule has 0 saturated carbocycles. The van der Waals surface area contributed by atoms with Crippen molar-refractivity contribution in [3.05, 3.63) is 0 Å². The summed E-state index contributed by atoms with van der Waals surface area (Å²) < 4.78 is 10.1. The van der Waals surface area contributed by atoms with Crippen LogP contribution < -0.4 is 5.32 Å². The second-order valence-corrected chi connectivity index (χ2v) is 5.49. The van der Waals surface area contributed by atoms with Crippen LogP contribution in [0.4, 0.5) is 4.79 Å². The van der Waals surface area contributed by atoms with E-state index in [0.29, 0.717) is 13.1 Å². The van der Waals surface area contributed by atoms with Crippen LogP contribution in [-0.4, -0.2) is 54.2 Å². The van der Waals surface area contributed by atoms with Gasteiger partial charge >= 0.3 is 12.1 Å². The molecule has 7 heteroatoms. The standard InChI is InChI=1S/C13H22N2O5.2C2H6/c1-5-19-10(16)8-9-11(17)14-6-7-15(9)12(18)20-13(2,3)4;2*1-2/h9H,5-8H2,1-4H3,(H,14,17);2*1-2H3. The van der Waals surface area contributed by atoms with E-state index in [4.69, 9.17) is 9.47 Å². The molecular weight excluding hydrogens is 312 g/mol. The summed E-state index contributed by atoms with van der Waals surface area (Å²) in [6.45, 7) is 15.8. The van der Waals surface area contributed by atoms with Gasteiger partial charge in [-0.05, 0) is 27.7 Å². The van der Waals surface area contributed by atoms with Crippen LogP contribution in [0.25, 0.3) is 0 Å². The van der Waals surface area contributed by atoms with Crippen LogP contribution in [0.5, 0.6) is 0 Å². The molecule has 1 aliphatic rings. The molecule has 7 nitrogen and oxygen atoms in total. The highest BCUT2D eigenvalue weighted by Gasteiger charge is 2.37. The van der Waals surface area contributed by atoms with Crippen LogP contribution in [0.1, 0.15) is 61.8 Å². The van der Waals surface area contributed by atoms with E-state index in [-0.39, 0.29) is 18.9 Å². The summed E-state index contributed by atoms with van der Waals surface area (Å²) in [5.74, 6) is -0.877. The van der Waals surface area contributed by atoms with Gasteiger partial charge in [-0.1, -0.05) is 27.7 Å². The predicted molar refractivity (Wildman–Crippen MR) is 93.7 cm³/mol. The Labute approximate surface area is 146 Å². The summed E-state index contributed by atoms with van der Waals surface area (Å²) in [6, 6.07) is -0.877. The monoisotopic (exact) mass is 346 g/mol. The molecule has 1 rings (SSSR count). The number of nitrogens with one attached hydrogen (secondary N) is 1. The Morgan fingerprint density at radius 1 is 1.21 bits per heavy atom. The van der Waals surface area contributed by atoms with Gasteiger partial charge in [-0.3, -0.25) is 14.5 Å². The molecular formula is C17H34N2O5. The van der Waals surface area contributed by atoms with Crippen molar-refractivity contribution >= 4 is 18.0 Å². The molecule has 1 saturated heterocycles. The van der Waals surface area contributed by atoms with Gasteiger partial charge in [0.2, 0.25) is 5.91 Å². The van der Waals surface area contributed by atoms with Crippen molar-refractivity contribution < 1.29 is 23.9 Å². The Balaban J connectivity index is 0. The maximum absolute atomic E-state index is 12.1. The van der Waals surface area contributed by atoms with E-state index < -0.39 is 23.7 Å². The van der Waals surface area contributed by atoms with Crippen LogP contribution in [0.2, 0.25) is 0 Å². The van der Waals surface area contributed by atoms with E-state index in [1.54, 1.807) is 27.7 Å². The lowest BCUT2D eigenvalue weighted by molar-refractivity contribution is -0.147. The summed E-state index contributed by atoms with van der Waals surface area (Å²) in [7, 11) is 0. The number of ether oxygens (including phenoxy) is 2. The van der Waals surface area contributed by atoms with Gasteiger partial charge < -0.3 is 14.8 Å². The quantitative estimate of drug-likeness (QED) is 0.794. The van der Waals surface area contributed by atoms with Crippen molar-refractivity contribution in [2.45, 2.75) is 73.5 Å². The van der Waals surface area contributed by atoms with Crippen molar-refractivity contribution in [2.24, 2.45) is 0 Å². The number of carbonyl (C=O) groups excluding carboxylic acids is 3. The fraction of sp³-hybridized carbons (Fsp3) is 0.824. The molecule has 142 valence electrons. The average Bonchev–Trinajstić information content (AvgIpc) is 2.52. The van der Waals surface area contributed by atoms with E-state index in [9.17, 15) is 14.4 Å². The van der Waals surface area contributed by atoms with Gasteiger partial charge in [0, 0.05) is 13.1 Å². The zero-order valence-corrected chi connectivity index (χ0v) is 16.4. The number of esters is 1. The fourth-order valence-corrected chi connectivity index (χ4v) is 1.83. The molecule has 0 aromatic carbocycles. The summed E-state index contributed by atoms with van der Waals surface area (Å²) in [5.41, 5.74) is -0.653. The first-order valence-electron chi connectivity index (χ1n) is 8.67. The second-order valence-electron chi connectivity index (χ2n) is 5.49. The van der Waals surface area contributed by atoms with Crippen LogP contribution >= 0.6 is 0 Å². The molecule has 0 aromatic heterocycles. The molecule has 0 aliphatic carbocycles. The Morgan fingerprint density at radius 2 is 1.75 bits per heavy atom. The van der Waals surface area contributed by atoms with Crippen LogP contribution in [0.3, 0.4) is 0 Å². The maximum atomic E-state index is 12.1. The third-order valence-electron chi connectivity index (χ3n) is 2.62. The van der Waals surface area contributed by atoms with Gasteiger partial charge in [-0.2, -0.15) is 0 Å². The fourth-order valence-electron chi connectivity index (χ4n) is 1.83. The molecule has 1 N–H and O–H groups in total. The third-order valence-corrected chi connectivity index (χ3v) is 2.62. The highest BCUT2D eigenvalue weighted by atomic mass is 16.6. The predicted octanol–water partition coefficient (Wildman–Crippen LogP) is 2.73. The lowest BCUT2D eigenvalue weighted by Gasteiger charge is -2.35.